The summed E-state index contributed by atoms with van der Waals surface area (Å²) in [7, 11) is 0. The van der Waals surface area contributed by atoms with Gasteiger partial charge < -0.3 is 10.4 Å². The normalized spacial score (nSPS) is 14.8. The molecule has 0 aromatic carbocycles. The third kappa shape index (κ3) is 4.24. The Morgan fingerprint density at radius 1 is 1.50 bits per heavy atom. The molecule has 0 aliphatic rings. The summed E-state index contributed by atoms with van der Waals surface area (Å²) in [4.78, 5) is 3.98. The molecular weight excluding hydrogens is 207 g/mol. The van der Waals surface area contributed by atoms with Gasteiger partial charge in [0.25, 0.3) is 0 Å². The number of nitrogens with zero attached hydrogens (tertiary/aromatic N) is 1. The van der Waals surface area contributed by atoms with Gasteiger partial charge in [0.1, 0.15) is 5.82 Å². The van der Waals surface area contributed by atoms with Crippen LogP contribution in [-0.4, -0.2) is 22.7 Å². The molecule has 0 aliphatic heterocycles. The fourth-order valence-corrected chi connectivity index (χ4v) is 1.50. The van der Waals surface area contributed by atoms with Gasteiger partial charge in [-0.3, -0.25) is 4.98 Å². The predicted octanol–water partition coefficient (Wildman–Crippen LogP) is 2.03. The van der Waals surface area contributed by atoms with Gasteiger partial charge in [-0.05, 0) is 25.5 Å². The van der Waals surface area contributed by atoms with E-state index in [2.05, 4.69) is 10.3 Å². The largest absolute Gasteiger partial charge is 0.392 e. The Morgan fingerprint density at radius 3 is 2.81 bits per heavy atom. The van der Waals surface area contributed by atoms with Crippen LogP contribution in [0.15, 0.2) is 18.3 Å². The van der Waals surface area contributed by atoms with Crippen molar-refractivity contribution >= 4 is 0 Å². The molecule has 0 amide bonds. The van der Waals surface area contributed by atoms with Gasteiger partial charge in [0.05, 0.1) is 18.0 Å². The van der Waals surface area contributed by atoms with Gasteiger partial charge in [-0.15, -0.1) is 0 Å². The van der Waals surface area contributed by atoms with Crippen molar-refractivity contribution in [3.05, 3.63) is 29.8 Å². The number of hydrogen-bond donors (Lipinski definition) is 2. The highest BCUT2D eigenvalue weighted by Gasteiger charge is 2.09. The molecule has 0 fully saturated rings. The molecule has 0 aliphatic carbocycles. The zero-order chi connectivity index (χ0) is 12.0. The van der Waals surface area contributed by atoms with Crippen molar-refractivity contribution in [3.8, 4) is 0 Å². The maximum atomic E-state index is 12.6. The molecule has 2 unspecified atom stereocenters. The summed E-state index contributed by atoms with van der Waals surface area (Å²) in [5.41, 5.74) is 0.782. The first-order chi connectivity index (χ1) is 7.63. The second-order valence-corrected chi connectivity index (χ2v) is 3.97. The smallest absolute Gasteiger partial charge is 0.141 e. The summed E-state index contributed by atoms with van der Waals surface area (Å²) >= 11 is 0. The van der Waals surface area contributed by atoms with Crippen LogP contribution in [0.25, 0.3) is 0 Å². The lowest BCUT2D eigenvalue weighted by atomic mass is 10.1. The van der Waals surface area contributed by atoms with Gasteiger partial charge in [-0.2, -0.15) is 0 Å². The van der Waals surface area contributed by atoms with Crippen molar-refractivity contribution in [1.29, 1.82) is 0 Å². The summed E-state index contributed by atoms with van der Waals surface area (Å²) in [6, 6.07) is 3.06. The van der Waals surface area contributed by atoms with E-state index in [-0.39, 0.29) is 18.0 Å². The molecule has 0 spiro atoms. The molecule has 1 aromatic rings. The summed E-state index contributed by atoms with van der Waals surface area (Å²) in [6.45, 7) is 4.52. The van der Waals surface area contributed by atoms with E-state index in [9.17, 15) is 9.50 Å². The topological polar surface area (TPSA) is 45.1 Å². The quantitative estimate of drug-likeness (QED) is 0.780. The van der Waals surface area contributed by atoms with E-state index in [4.69, 9.17) is 0 Å². The molecule has 0 bridgehead atoms. The summed E-state index contributed by atoms with van der Waals surface area (Å²) in [5.74, 6) is -0.332. The predicted molar refractivity (Wildman–Crippen MR) is 61.5 cm³/mol. The van der Waals surface area contributed by atoms with Crippen molar-refractivity contribution in [2.45, 2.75) is 38.8 Å². The summed E-state index contributed by atoms with van der Waals surface area (Å²) < 4.78 is 12.6. The molecule has 4 heteroatoms. The number of aromatic nitrogens is 1. The van der Waals surface area contributed by atoms with Crippen molar-refractivity contribution in [2.24, 2.45) is 0 Å². The van der Waals surface area contributed by atoms with Crippen LogP contribution in [0, 0.1) is 5.82 Å². The summed E-state index contributed by atoms with van der Waals surface area (Å²) in [6.07, 6.45) is 2.63. The lowest BCUT2D eigenvalue weighted by Gasteiger charge is -2.16. The first-order valence-electron chi connectivity index (χ1n) is 5.66. The third-order valence-corrected chi connectivity index (χ3v) is 2.48. The average Bonchev–Trinajstić information content (AvgIpc) is 2.27. The van der Waals surface area contributed by atoms with E-state index in [0.717, 1.165) is 18.5 Å². The van der Waals surface area contributed by atoms with Crippen molar-refractivity contribution < 1.29 is 9.50 Å². The highest BCUT2D eigenvalue weighted by Crippen LogP contribution is 2.09. The van der Waals surface area contributed by atoms with Gasteiger partial charge in [-0.1, -0.05) is 13.3 Å². The first kappa shape index (κ1) is 13.1. The number of halogens is 1. The molecule has 0 saturated heterocycles. The van der Waals surface area contributed by atoms with Gasteiger partial charge in [0, 0.05) is 12.6 Å². The molecule has 2 atom stereocenters. The van der Waals surface area contributed by atoms with Crippen LogP contribution in [0.5, 0.6) is 0 Å². The minimum atomic E-state index is -0.332. The maximum absolute atomic E-state index is 12.6. The number of aliphatic hydroxyl groups is 1. The molecule has 1 heterocycles. The minimum Gasteiger partial charge on any atom is -0.392 e. The Kier molecular flexibility index (Phi) is 5.35. The molecule has 3 nitrogen and oxygen atoms in total. The highest BCUT2D eigenvalue weighted by atomic mass is 19.1. The van der Waals surface area contributed by atoms with Crippen LogP contribution < -0.4 is 5.32 Å². The van der Waals surface area contributed by atoms with E-state index >= 15 is 0 Å². The van der Waals surface area contributed by atoms with E-state index in [1.54, 1.807) is 6.07 Å². The highest BCUT2D eigenvalue weighted by molar-refractivity contribution is 5.08. The maximum Gasteiger partial charge on any atom is 0.141 e. The third-order valence-electron chi connectivity index (χ3n) is 2.48. The molecule has 0 radical (unpaired) electrons. The number of aliphatic hydroxyl groups excluding tert-OH is 1. The minimum absolute atomic E-state index is 0.0205. The van der Waals surface area contributed by atoms with Gasteiger partial charge in [0.2, 0.25) is 0 Å². The lowest BCUT2D eigenvalue weighted by Crippen LogP contribution is -2.29. The van der Waals surface area contributed by atoms with Crippen LogP contribution in [0.4, 0.5) is 4.39 Å². The van der Waals surface area contributed by atoms with Crippen LogP contribution in [0.2, 0.25) is 0 Å². The molecule has 16 heavy (non-hydrogen) atoms. The van der Waals surface area contributed by atoms with E-state index in [1.807, 2.05) is 13.8 Å². The number of pyridine rings is 1. The molecule has 2 N–H and O–H groups in total. The van der Waals surface area contributed by atoms with Crippen molar-refractivity contribution in [2.75, 3.05) is 6.54 Å². The van der Waals surface area contributed by atoms with Gasteiger partial charge >= 0.3 is 0 Å². The summed E-state index contributed by atoms with van der Waals surface area (Å²) in [5, 5.41) is 12.7. The SMILES string of the molecule is CCCC(O)CNC(C)c1ccc(F)cn1. The standard InChI is InChI=1S/C12H19FN2O/c1-3-4-11(16)8-14-9(2)12-6-5-10(13)7-15-12/h5-7,9,11,14,16H,3-4,8H2,1-2H3. The van der Waals surface area contributed by atoms with Crippen molar-refractivity contribution in [1.82, 2.24) is 10.3 Å². The zero-order valence-corrected chi connectivity index (χ0v) is 9.78. The van der Waals surface area contributed by atoms with Crippen LogP contribution in [-0.2, 0) is 0 Å². The van der Waals surface area contributed by atoms with Gasteiger partial charge in [0.15, 0.2) is 0 Å². The van der Waals surface area contributed by atoms with Crippen molar-refractivity contribution in [3.63, 3.8) is 0 Å². The Balaban J connectivity index is 2.40. The van der Waals surface area contributed by atoms with E-state index in [0.29, 0.717) is 6.54 Å². The van der Waals surface area contributed by atoms with E-state index < -0.39 is 0 Å². The number of hydrogen-bond acceptors (Lipinski definition) is 3. The Hall–Kier alpha value is -1.00. The van der Waals surface area contributed by atoms with Gasteiger partial charge in [-0.25, -0.2) is 4.39 Å². The second kappa shape index (κ2) is 6.55. The number of rotatable bonds is 6. The van der Waals surface area contributed by atoms with Crippen LogP contribution in [0.1, 0.15) is 38.4 Å². The monoisotopic (exact) mass is 226 g/mol. The van der Waals surface area contributed by atoms with E-state index in [1.165, 1.54) is 12.3 Å². The Bertz CT molecular complexity index is 302. The molecule has 1 aromatic heterocycles. The fraction of sp³-hybridized carbons (Fsp3) is 0.583. The zero-order valence-electron chi connectivity index (χ0n) is 9.78. The molecule has 0 saturated carbocycles. The van der Waals surface area contributed by atoms with Crippen LogP contribution in [0.3, 0.4) is 0 Å². The molecular formula is C12H19FN2O. The Morgan fingerprint density at radius 2 is 2.25 bits per heavy atom. The fourth-order valence-electron chi connectivity index (χ4n) is 1.50. The average molecular weight is 226 g/mol. The Labute approximate surface area is 95.7 Å². The molecule has 1 rings (SSSR count). The van der Waals surface area contributed by atoms with Crippen LogP contribution >= 0.6 is 0 Å². The first-order valence-corrected chi connectivity index (χ1v) is 5.66. The molecule has 90 valence electrons. The lowest BCUT2D eigenvalue weighted by molar-refractivity contribution is 0.157. The number of nitrogens with one attached hydrogen (secondary N) is 1. The second-order valence-electron chi connectivity index (χ2n) is 3.97.